The van der Waals surface area contributed by atoms with Crippen LogP contribution in [0.1, 0.15) is 0 Å². The Morgan fingerprint density at radius 3 is 2.72 bits per heavy atom. The molecule has 3 aromatic rings. The standard InChI is InChI=1S/C12H8N2O4/c15-8-1-2-9(10(16)5-8)12-13-11(14-18-12)7-3-4-17-6-7/h1-6,15-16H. The first kappa shape index (κ1) is 10.4. The van der Waals surface area contributed by atoms with E-state index in [1.807, 2.05) is 0 Å². The molecule has 0 saturated heterocycles. The van der Waals surface area contributed by atoms with Crippen LogP contribution in [-0.4, -0.2) is 20.4 Å². The zero-order chi connectivity index (χ0) is 12.5. The molecular formula is C12H8N2O4. The number of benzene rings is 1. The van der Waals surface area contributed by atoms with Gasteiger partial charge in [-0.2, -0.15) is 4.98 Å². The minimum absolute atomic E-state index is 0.0363. The fourth-order valence-corrected chi connectivity index (χ4v) is 1.54. The van der Waals surface area contributed by atoms with Crippen LogP contribution >= 0.6 is 0 Å². The lowest BCUT2D eigenvalue weighted by Gasteiger charge is -1.98. The van der Waals surface area contributed by atoms with Gasteiger partial charge in [-0.3, -0.25) is 0 Å². The number of aromatic hydroxyl groups is 2. The average Bonchev–Trinajstić information content (AvgIpc) is 2.99. The Hall–Kier alpha value is -2.76. The molecule has 6 nitrogen and oxygen atoms in total. The second kappa shape index (κ2) is 3.92. The zero-order valence-electron chi connectivity index (χ0n) is 9.07. The smallest absolute Gasteiger partial charge is 0.262 e. The summed E-state index contributed by atoms with van der Waals surface area (Å²) >= 11 is 0. The van der Waals surface area contributed by atoms with E-state index in [1.165, 1.54) is 30.7 Å². The Morgan fingerprint density at radius 2 is 2.00 bits per heavy atom. The molecule has 0 radical (unpaired) electrons. The lowest BCUT2D eigenvalue weighted by molar-refractivity contribution is 0.423. The van der Waals surface area contributed by atoms with E-state index in [2.05, 4.69) is 10.1 Å². The maximum absolute atomic E-state index is 9.68. The molecule has 0 saturated carbocycles. The first-order chi connectivity index (χ1) is 8.74. The quantitative estimate of drug-likeness (QED) is 0.719. The van der Waals surface area contributed by atoms with Gasteiger partial charge in [0.15, 0.2) is 0 Å². The van der Waals surface area contributed by atoms with Gasteiger partial charge >= 0.3 is 0 Å². The molecule has 2 aromatic heterocycles. The molecule has 18 heavy (non-hydrogen) atoms. The number of phenolic OH excluding ortho intramolecular Hbond substituents is 2. The second-order valence-electron chi connectivity index (χ2n) is 3.64. The Morgan fingerprint density at radius 1 is 1.11 bits per heavy atom. The van der Waals surface area contributed by atoms with E-state index < -0.39 is 0 Å². The van der Waals surface area contributed by atoms with Gasteiger partial charge in [-0.05, 0) is 18.2 Å². The van der Waals surface area contributed by atoms with Crippen molar-refractivity contribution in [1.29, 1.82) is 0 Å². The predicted molar refractivity (Wildman–Crippen MR) is 60.8 cm³/mol. The molecule has 1 aromatic carbocycles. The van der Waals surface area contributed by atoms with Crippen molar-refractivity contribution in [2.45, 2.75) is 0 Å². The SMILES string of the molecule is Oc1ccc(-c2nc(-c3ccoc3)no2)c(O)c1. The van der Waals surface area contributed by atoms with Gasteiger partial charge in [0.1, 0.15) is 17.8 Å². The van der Waals surface area contributed by atoms with Crippen molar-refractivity contribution in [3.63, 3.8) is 0 Å². The summed E-state index contributed by atoms with van der Waals surface area (Å²) in [5.41, 5.74) is 1.04. The fraction of sp³-hybridized carbons (Fsp3) is 0. The van der Waals surface area contributed by atoms with E-state index in [9.17, 15) is 10.2 Å². The third-order valence-electron chi connectivity index (χ3n) is 2.42. The molecule has 0 bridgehead atoms. The van der Waals surface area contributed by atoms with Crippen LogP contribution in [0.3, 0.4) is 0 Å². The number of phenols is 2. The zero-order valence-corrected chi connectivity index (χ0v) is 9.07. The maximum Gasteiger partial charge on any atom is 0.262 e. The molecule has 0 spiro atoms. The van der Waals surface area contributed by atoms with E-state index in [0.29, 0.717) is 17.0 Å². The van der Waals surface area contributed by atoms with Crippen molar-refractivity contribution in [2.24, 2.45) is 0 Å². The molecule has 0 aliphatic rings. The average molecular weight is 244 g/mol. The number of nitrogens with zero attached hydrogens (tertiary/aromatic N) is 2. The summed E-state index contributed by atoms with van der Waals surface area (Å²) in [5, 5.41) is 22.7. The van der Waals surface area contributed by atoms with Crippen molar-refractivity contribution >= 4 is 0 Å². The summed E-state index contributed by atoms with van der Waals surface area (Å²) in [6, 6.07) is 5.83. The molecule has 0 unspecified atom stereocenters. The van der Waals surface area contributed by atoms with Crippen molar-refractivity contribution in [3.8, 4) is 34.3 Å². The lowest BCUT2D eigenvalue weighted by Crippen LogP contribution is -1.80. The monoisotopic (exact) mass is 244 g/mol. The summed E-state index contributed by atoms with van der Waals surface area (Å²) < 4.78 is 9.97. The molecule has 0 aliphatic heterocycles. The van der Waals surface area contributed by atoms with Crippen molar-refractivity contribution in [2.75, 3.05) is 0 Å². The van der Waals surface area contributed by atoms with E-state index in [4.69, 9.17) is 8.94 Å². The van der Waals surface area contributed by atoms with Crippen molar-refractivity contribution < 1.29 is 19.2 Å². The Kier molecular flexibility index (Phi) is 2.26. The van der Waals surface area contributed by atoms with Crippen LogP contribution in [0.2, 0.25) is 0 Å². The van der Waals surface area contributed by atoms with Crippen LogP contribution < -0.4 is 0 Å². The highest BCUT2D eigenvalue weighted by Crippen LogP contribution is 2.31. The number of hydrogen-bond donors (Lipinski definition) is 2. The highest BCUT2D eigenvalue weighted by molar-refractivity contribution is 5.65. The molecule has 3 rings (SSSR count). The van der Waals surface area contributed by atoms with Crippen LogP contribution in [-0.2, 0) is 0 Å². The van der Waals surface area contributed by atoms with Crippen molar-refractivity contribution in [1.82, 2.24) is 10.1 Å². The topological polar surface area (TPSA) is 92.5 Å². The van der Waals surface area contributed by atoms with Crippen molar-refractivity contribution in [3.05, 3.63) is 36.8 Å². The normalized spacial score (nSPS) is 10.7. The highest BCUT2D eigenvalue weighted by Gasteiger charge is 2.14. The minimum Gasteiger partial charge on any atom is -0.508 e. The van der Waals surface area contributed by atoms with Gasteiger partial charge in [-0.1, -0.05) is 5.16 Å². The lowest BCUT2D eigenvalue weighted by atomic mass is 10.2. The third kappa shape index (κ3) is 1.69. The van der Waals surface area contributed by atoms with Gasteiger partial charge < -0.3 is 19.2 Å². The Bertz CT molecular complexity index is 673. The summed E-state index contributed by atoms with van der Waals surface area (Å²) in [7, 11) is 0. The number of rotatable bonds is 2. The van der Waals surface area contributed by atoms with Gasteiger partial charge in [0.2, 0.25) is 5.82 Å². The van der Waals surface area contributed by atoms with Crippen LogP contribution in [0.15, 0.2) is 45.7 Å². The molecule has 6 heteroatoms. The van der Waals surface area contributed by atoms with Gasteiger partial charge in [0.25, 0.3) is 5.89 Å². The maximum atomic E-state index is 9.68. The molecule has 0 aliphatic carbocycles. The minimum atomic E-state index is -0.127. The summed E-state index contributed by atoms with van der Waals surface area (Å²) in [6.45, 7) is 0. The van der Waals surface area contributed by atoms with Crippen LogP contribution in [0.4, 0.5) is 0 Å². The van der Waals surface area contributed by atoms with Gasteiger partial charge in [-0.25, -0.2) is 0 Å². The van der Waals surface area contributed by atoms with E-state index in [1.54, 1.807) is 6.07 Å². The summed E-state index contributed by atoms with van der Waals surface area (Å²) in [4.78, 5) is 4.13. The first-order valence-electron chi connectivity index (χ1n) is 5.12. The molecule has 2 heterocycles. The molecular weight excluding hydrogens is 236 g/mol. The Labute approximate surface area is 101 Å². The third-order valence-corrected chi connectivity index (χ3v) is 2.42. The molecule has 2 N–H and O–H groups in total. The summed E-state index contributed by atoms with van der Waals surface area (Å²) in [6.07, 6.45) is 2.99. The molecule has 0 atom stereocenters. The second-order valence-corrected chi connectivity index (χ2v) is 3.64. The summed E-state index contributed by atoms with van der Waals surface area (Å²) in [5.74, 6) is 0.373. The van der Waals surface area contributed by atoms with Gasteiger partial charge in [-0.15, -0.1) is 0 Å². The van der Waals surface area contributed by atoms with Crippen LogP contribution in [0, 0.1) is 0 Å². The first-order valence-corrected chi connectivity index (χ1v) is 5.12. The molecule has 90 valence electrons. The van der Waals surface area contributed by atoms with Crippen LogP contribution in [0.25, 0.3) is 22.8 Å². The number of furan rings is 1. The van der Waals surface area contributed by atoms with Crippen LogP contribution in [0.5, 0.6) is 11.5 Å². The Balaban J connectivity index is 2.03. The highest BCUT2D eigenvalue weighted by atomic mass is 16.5. The molecule has 0 fully saturated rings. The number of hydrogen-bond acceptors (Lipinski definition) is 6. The van der Waals surface area contributed by atoms with E-state index in [0.717, 1.165) is 0 Å². The van der Waals surface area contributed by atoms with E-state index >= 15 is 0 Å². The molecule has 0 amide bonds. The predicted octanol–water partition coefficient (Wildman–Crippen LogP) is 2.41. The van der Waals surface area contributed by atoms with Gasteiger partial charge in [0.05, 0.1) is 17.4 Å². The van der Waals surface area contributed by atoms with E-state index in [-0.39, 0.29) is 17.4 Å². The number of aromatic nitrogens is 2. The largest absolute Gasteiger partial charge is 0.508 e. The van der Waals surface area contributed by atoms with Gasteiger partial charge in [0, 0.05) is 6.07 Å². The fourth-order valence-electron chi connectivity index (χ4n) is 1.54.